The monoisotopic (exact) mass is 325 g/mol. The summed E-state index contributed by atoms with van der Waals surface area (Å²) < 4.78 is 9.61. The lowest BCUT2D eigenvalue weighted by molar-refractivity contribution is -0.0615. The molecule has 0 aliphatic carbocycles. The fourth-order valence-corrected chi connectivity index (χ4v) is 1.62. The topological polar surface area (TPSA) is 120 Å². The summed E-state index contributed by atoms with van der Waals surface area (Å²) in [5.41, 5.74) is -1.27. The summed E-state index contributed by atoms with van der Waals surface area (Å²) in [4.78, 5) is 12.7. The van der Waals surface area contributed by atoms with E-state index in [4.69, 9.17) is 14.6 Å². The van der Waals surface area contributed by atoms with Crippen molar-refractivity contribution in [2.45, 2.75) is 39.3 Å². The van der Waals surface area contributed by atoms with Gasteiger partial charge < -0.3 is 29.9 Å². The van der Waals surface area contributed by atoms with Crippen LogP contribution in [0.1, 0.15) is 27.7 Å². The predicted molar refractivity (Wildman–Crippen MR) is 81.6 cm³/mol. The number of hydrogen-bond acceptors (Lipinski definition) is 8. The van der Waals surface area contributed by atoms with Crippen molar-refractivity contribution in [3.63, 3.8) is 0 Å². The first-order chi connectivity index (χ1) is 10.5. The van der Waals surface area contributed by atoms with Crippen LogP contribution in [0.4, 0.5) is 4.79 Å². The Balaban J connectivity index is 0. The zero-order valence-corrected chi connectivity index (χ0v) is 14.0. The number of hydrogen-bond donors (Lipinski definition) is 4. The molecule has 0 radical (unpaired) electrons. The van der Waals surface area contributed by atoms with E-state index in [1.54, 1.807) is 13.8 Å². The Kier molecular flexibility index (Phi) is 14.5. The van der Waals surface area contributed by atoms with Crippen LogP contribution in [0, 0.1) is 0 Å². The lowest BCUT2D eigenvalue weighted by atomic mass is 10.0. The van der Waals surface area contributed by atoms with Gasteiger partial charge in [0.15, 0.2) is 0 Å². The van der Waals surface area contributed by atoms with Crippen molar-refractivity contribution in [2.75, 3.05) is 46.1 Å². The summed E-state index contributed by atoms with van der Waals surface area (Å²) in [6.07, 6.45) is -1.10. The summed E-state index contributed by atoms with van der Waals surface area (Å²) in [5.74, 6) is 0. The molecule has 4 N–H and O–H groups in total. The van der Waals surface area contributed by atoms with E-state index in [1.807, 2.05) is 13.8 Å². The Labute approximate surface area is 132 Å². The van der Waals surface area contributed by atoms with Gasteiger partial charge in [-0.1, -0.05) is 13.8 Å². The molecule has 0 aromatic carbocycles. The van der Waals surface area contributed by atoms with Gasteiger partial charge in [0.25, 0.3) is 0 Å². The molecule has 0 fully saturated rings. The maximum atomic E-state index is 11.2. The van der Waals surface area contributed by atoms with Crippen LogP contribution in [-0.4, -0.2) is 89.2 Å². The van der Waals surface area contributed by atoms with Crippen molar-refractivity contribution >= 4 is 6.16 Å². The van der Waals surface area contributed by atoms with Crippen molar-refractivity contribution in [3.05, 3.63) is 0 Å². The molecule has 8 nitrogen and oxygen atoms in total. The SMILES string of the molecule is CC.CC(C)OC(=O)OCCN(CCO)C(CO)(CO)CO. The van der Waals surface area contributed by atoms with Crippen molar-refractivity contribution in [1.29, 1.82) is 0 Å². The molecule has 134 valence electrons. The Bertz CT molecular complexity index is 262. The normalized spacial score (nSPS) is 11.2. The van der Waals surface area contributed by atoms with Crippen molar-refractivity contribution in [2.24, 2.45) is 0 Å². The highest BCUT2D eigenvalue weighted by molar-refractivity contribution is 5.59. The van der Waals surface area contributed by atoms with Crippen molar-refractivity contribution < 1.29 is 34.7 Å². The Morgan fingerprint density at radius 3 is 1.91 bits per heavy atom. The number of aliphatic hydroxyl groups is 4. The van der Waals surface area contributed by atoms with Crippen LogP contribution < -0.4 is 0 Å². The first-order valence-electron chi connectivity index (χ1n) is 7.47. The molecule has 0 amide bonds. The molecule has 8 heteroatoms. The maximum absolute atomic E-state index is 11.2. The number of nitrogens with zero attached hydrogens (tertiary/aromatic N) is 1. The third-order valence-corrected chi connectivity index (χ3v) is 2.84. The van der Waals surface area contributed by atoms with Crippen LogP contribution in [0.25, 0.3) is 0 Å². The second-order valence-electron chi connectivity index (χ2n) is 4.67. The molecular weight excluding hydrogens is 294 g/mol. The number of β-amino-alcohol motifs (C(OH)–C–C–N with tert-alkyl or cyclic N) is 1. The summed E-state index contributed by atoms with van der Waals surface area (Å²) in [7, 11) is 0. The van der Waals surface area contributed by atoms with Crippen LogP contribution in [0.3, 0.4) is 0 Å². The van der Waals surface area contributed by atoms with E-state index in [0.717, 1.165) is 0 Å². The van der Waals surface area contributed by atoms with Crippen LogP contribution in [-0.2, 0) is 9.47 Å². The first-order valence-corrected chi connectivity index (χ1v) is 7.47. The number of rotatable bonds is 10. The molecule has 0 heterocycles. The summed E-state index contributed by atoms with van der Waals surface area (Å²) in [6, 6.07) is 0. The fourth-order valence-electron chi connectivity index (χ4n) is 1.62. The van der Waals surface area contributed by atoms with Gasteiger partial charge in [-0.25, -0.2) is 4.79 Å². The molecule has 0 aromatic rings. The highest BCUT2D eigenvalue weighted by atomic mass is 16.7. The zero-order valence-electron chi connectivity index (χ0n) is 14.0. The smallest absolute Gasteiger partial charge is 0.433 e. The van der Waals surface area contributed by atoms with Crippen LogP contribution in [0.2, 0.25) is 0 Å². The predicted octanol–water partition coefficient (Wildman–Crippen LogP) is -0.416. The molecule has 0 atom stereocenters. The third-order valence-electron chi connectivity index (χ3n) is 2.84. The molecule has 0 aliphatic heterocycles. The highest BCUT2D eigenvalue weighted by Gasteiger charge is 2.35. The summed E-state index contributed by atoms with van der Waals surface area (Å²) >= 11 is 0. The minimum atomic E-state index is -1.27. The Morgan fingerprint density at radius 2 is 1.55 bits per heavy atom. The largest absolute Gasteiger partial charge is 0.508 e. The molecule has 0 saturated heterocycles. The molecule has 0 aromatic heterocycles. The quantitative estimate of drug-likeness (QED) is 0.400. The summed E-state index contributed by atoms with van der Waals surface area (Å²) in [6.45, 7) is 5.88. The molecule has 0 bridgehead atoms. The number of carbonyl (C=O) groups excluding carboxylic acids is 1. The summed E-state index contributed by atoms with van der Waals surface area (Å²) in [5, 5.41) is 37.0. The van der Waals surface area contributed by atoms with Crippen molar-refractivity contribution in [3.8, 4) is 0 Å². The van der Waals surface area contributed by atoms with E-state index >= 15 is 0 Å². The second-order valence-corrected chi connectivity index (χ2v) is 4.67. The standard InChI is InChI=1S/C12H25NO7.C2H6/c1-10(2)20-11(18)19-6-4-13(3-5-14)12(7-15,8-16)9-17;1-2/h10,14-17H,3-9H2,1-2H3;1-2H3. The van der Waals surface area contributed by atoms with E-state index in [0.29, 0.717) is 0 Å². The van der Waals surface area contributed by atoms with E-state index < -0.39 is 31.5 Å². The molecule has 0 rings (SSSR count). The number of carbonyl (C=O) groups is 1. The Morgan fingerprint density at radius 1 is 1.05 bits per heavy atom. The zero-order chi connectivity index (χ0) is 17.6. The lowest BCUT2D eigenvalue weighted by Crippen LogP contribution is -2.58. The maximum Gasteiger partial charge on any atom is 0.508 e. The van der Waals surface area contributed by atoms with Gasteiger partial charge in [0.2, 0.25) is 0 Å². The van der Waals surface area contributed by atoms with Gasteiger partial charge in [-0.15, -0.1) is 0 Å². The van der Waals surface area contributed by atoms with Gasteiger partial charge in [-0.05, 0) is 13.8 Å². The first kappa shape index (κ1) is 23.3. The second kappa shape index (κ2) is 13.7. The van der Waals surface area contributed by atoms with Crippen molar-refractivity contribution in [1.82, 2.24) is 4.90 Å². The highest BCUT2D eigenvalue weighted by Crippen LogP contribution is 2.13. The van der Waals surface area contributed by atoms with Crippen LogP contribution in [0.5, 0.6) is 0 Å². The molecule has 0 spiro atoms. The van der Waals surface area contributed by atoms with Gasteiger partial charge >= 0.3 is 6.16 Å². The minimum absolute atomic E-state index is 0.0483. The molecular formula is C14H31NO7. The van der Waals surface area contributed by atoms with Crippen LogP contribution in [0.15, 0.2) is 0 Å². The van der Waals surface area contributed by atoms with Gasteiger partial charge in [0.1, 0.15) is 6.61 Å². The average Bonchev–Trinajstić information content (AvgIpc) is 2.50. The lowest BCUT2D eigenvalue weighted by Gasteiger charge is -2.39. The fraction of sp³-hybridized carbons (Fsp3) is 0.929. The molecule has 0 aliphatic rings. The minimum Gasteiger partial charge on any atom is -0.433 e. The molecule has 0 saturated carbocycles. The number of ether oxygens (including phenoxy) is 2. The Hall–Kier alpha value is -0.930. The number of aliphatic hydroxyl groups excluding tert-OH is 4. The van der Waals surface area contributed by atoms with E-state index in [1.165, 1.54) is 4.90 Å². The third kappa shape index (κ3) is 8.50. The van der Waals surface area contributed by atoms with E-state index in [2.05, 4.69) is 0 Å². The van der Waals surface area contributed by atoms with Gasteiger partial charge in [-0.3, -0.25) is 4.90 Å². The van der Waals surface area contributed by atoms with Crippen LogP contribution >= 0.6 is 0 Å². The molecule has 22 heavy (non-hydrogen) atoms. The van der Waals surface area contributed by atoms with E-state index in [9.17, 15) is 20.1 Å². The van der Waals surface area contributed by atoms with E-state index in [-0.39, 0.29) is 32.4 Å². The van der Waals surface area contributed by atoms with Gasteiger partial charge in [0, 0.05) is 13.1 Å². The average molecular weight is 325 g/mol. The van der Waals surface area contributed by atoms with Gasteiger partial charge in [-0.2, -0.15) is 0 Å². The van der Waals surface area contributed by atoms with Gasteiger partial charge in [0.05, 0.1) is 38.1 Å². The molecule has 0 unspecified atom stereocenters.